The van der Waals surface area contributed by atoms with Gasteiger partial charge in [0.2, 0.25) is 0 Å². The van der Waals surface area contributed by atoms with E-state index in [1.165, 1.54) is 16.2 Å². The second kappa shape index (κ2) is 7.57. The van der Waals surface area contributed by atoms with Crippen LogP contribution in [0.15, 0.2) is 41.8 Å². The van der Waals surface area contributed by atoms with Crippen LogP contribution in [0.2, 0.25) is 0 Å². The average Bonchev–Trinajstić information content (AvgIpc) is 3.12. The maximum atomic E-state index is 12.3. The number of rotatable bonds is 4. The molecule has 1 saturated heterocycles. The third-order valence-electron chi connectivity index (χ3n) is 4.03. The standard InChI is InChI=1S/C17H20N4O2S/c1-20-8-10-21(11-9-20)19-16(22)13-4-6-14(7-5-13)18-17(23)15-3-2-12-24-15/h2-7,12H,8-11H2,1H3,(H,18,23)(H,19,22)/p+1. The van der Waals surface area contributed by atoms with Crippen molar-refractivity contribution < 1.29 is 14.5 Å². The molecule has 1 aliphatic rings. The topological polar surface area (TPSA) is 65.9 Å². The van der Waals surface area contributed by atoms with Crippen LogP contribution in [0, 0.1) is 0 Å². The van der Waals surface area contributed by atoms with E-state index >= 15 is 0 Å². The highest BCUT2D eigenvalue weighted by molar-refractivity contribution is 7.12. The van der Waals surface area contributed by atoms with E-state index in [1.807, 2.05) is 16.5 Å². The summed E-state index contributed by atoms with van der Waals surface area (Å²) >= 11 is 1.39. The van der Waals surface area contributed by atoms with Gasteiger partial charge in [0.05, 0.1) is 38.1 Å². The zero-order chi connectivity index (χ0) is 16.9. The predicted octanol–water partition coefficient (Wildman–Crippen LogP) is 0.476. The van der Waals surface area contributed by atoms with Gasteiger partial charge in [0.1, 0.15) is 0 Å². The minimum absolute atomic E-state index is 0.120. The van der Waals surface area contributed by atoms with Crippen LogP contribution in [-0.2, 0) is 0 Å². The van der Waals surface area contributed by atoms with Crippen LogP contribution in [0.5, 0.6) is 0 Å². The molecule has 1 aromatic heterocycles. The number of amides is 2. The SMILES string of the molecule is C[NH+]1CCN(NC(=O)c2ccc(NC(=O)c3cccs3)cc2)CC1. The lowest BCUT2D eigenvalue weighted by Gasteiger charge is -2.30. The van der Waals surface area contributed by atoms with Crippen LogP contribution in [0.4, 0.5) is 5.69 Å². The fourth-order valence-electron chi connectivity index (χ4n) is 2.51. The molecule has 2 heterocycles. The molecule has 3 N–H and O–H groups in total. The van der Waals surface area contributed by atoms with Gasteiger partial charge in [0, 0.05) is 11.3 Å². The van der Waals surface area contributed by atoms with Gasteiger partial charge >= 0.3 is 0 Å². The first-order valence-corrected chi connectivity index (χ1v) is 8.82. The third kappa shape index (κ3) is 4.19. The normalized spacial score (nSPS) is 15.9. The molecule has 7 heteroatoms. The van der Waals surface area contributed by atoms with Gasteiger partial charge in [-0.25, -0.2) is 5.01 Å². The van der Waals surface area contributed by atoms with E-state index < -0.39 is 0 Å². The zero-order valence-corrected chi connectivity index (χ0v) is 14.4. The molecular weight excluding hydrogens is 324 g/mol. The van der Waals surface area contributed by atoms with E-state index in [0.29, 0.717) is 16.1 Å². The summed E-state index contributed by atoms with van der Waals surface area (Å²) < 4.78 is 0. The van der Waals surface area contributed by atoms with Crippen molar-refractivity contribution in [3.05, 3.63) is 52.2 Å². The Kier molecular flexibility index (Phi) is 5.24. The number of benzene rings is 1. The van der Waals surface area contributed by atoms with Crippen molar-refractivity contribution in [2.75, 3.05) is 38.5 Å². The van der Waals surface area contributed by atoms with Crippen LogP contribution in [0.1, 0.15) is 20.0 Å². The molecule has 1 fully saturated rings. The molecule has 0 atom stereocenters. The second-order valence-electron chi connectivity index (χ2n) is 5.89. The molecule has 2 amide bonds. The van der Waals surface area contributed by atoms with Gasteiger partial charge in [0.25, 0.3) is 11.8 Å². The Morgan fingerprint density at radius 1 is 1.08 bits per heavy atom. The number of hydrazine groups is 1. The van der Waals surface area contributed by atoms with Gasteiger partial charge < -0.3 is 10.2 Å². The number of nitrogens with one attached hydrogen (secondary N) is 3. The molecule has 0 saturated carbocycles. The number of likely N-dealkylation sites (N-methyl/N-ethyl adjacent to an activating group) is 1. The average molecular weight is 345 g/mol. The summed E-state index contributed by atoms with van der Waals surface area (Å²) in [5.74, 6) is -0.257. The molecule has 1 aliphatic heterocycles. The van der Waals surface area contributed by atoms with Gasteiger partial charge in [-0.3, -0.25) is 15.0 Å². The van der Waals surface area contributed by atoms with E-state index in [0.717, 1.165) is 26.2 Å². The molecule has 126 valence electrons. The molecule has 2 aromatic rings. The Hall–Kier alpha value is -2.22. The Balaban J connectivity index is 1.55. The number of carbonyl (C=O) groups excluding carboxylic acids is 2. The summed E-state index contributed by atoms with van der Waals surface area (Å²) in [6, 6.07) is 10.6. The van der Waals surface area contributed by atoms with Gasteiger partial charge in [-0.15, -0.1) is 11.3 Å². The molecular formula is C17H21N4O2S+. The fraction of sp³-hybridized carbons (Fsp3) is 0.294. The smallest absolute Gasteiger partial charge is 0.265 e. The molecule has 1 aromatic carbocycles. The number of hydrogen-bond donors (Lipinski definition) is 3. The van der Waals surface area contributed by atoms with Crippen molar-refractivity contribution in [3.8, 4) is 0 Å². The van der Waals surface area contributed by atoms with Gasteiger partial charge in [-0.05, 0) is 35.7 Å². The molecule has 0 radical (unpaired) electrons. The summed E-state index contributed by atoms with van der Waals surface area (Å²) in [4.78, 5) is 26.4. The predicted molar refractivity (Wildman–Crippen MR) is 94.4 cm³/mol. The Morgan fingerprint density at radius 3 is 2.42 bits per heavy atom. The highest BCUT2D eigenvalue weighted by atomic mass is 32.1. The molecule has 24 heavy (non-hydrogen) atoms. The van der Waals surface area contributed by atoms with Crippen molar-refractivity contribution >= 4 is 28.8 Å². The largest absolute Gasteiger partial charge is 0.335 e. The highest BCUT2D eigenvalue weighted by Gasteiger charge is 2.18. The van der Waals surface area contributed by atoms with Crippen molar-refractivity contribution in [2.24, 2.45) is 0 Å². The third-order valence-corrected chi connectivity index (χ3v) is 4.90. The molecule has 0 spiro atoms. The first-order valence-electron chi connectivity index (χ1n) is 7.94. The summed E-state index contributed by atoms with van der Waals surface area (Å²) in [6.45, 7) is 3.75. The van der Waals surface area contributed by atoms with E-state index in [2.05, 4.69) is 17.8 Å². The van der Waals surface area contributed by atoms with Crippen molar-refractivity contribution in [2.45, 2.75) is 0 Å². The lowest BCUT2D eigenvalue weighted by atomic mass is 10.2. The van der Waals surface area contributed by atoms with Gasteiger partial charge in [0.15, 0.2) is 0 Å². The molecule has 0 bridgehead atoms. The van der Waals surface area contributed by atoms with Crippen molar-refractivity contribution in [1.29, 1.82) is 0 Å². The van der Waals surface area contributed by atoms with Crippen LogP contribution < -0.4 is 15.6 Å². The van der Waals surface area contributed by atoms with Gasteiger partial charge in [-0.1, -0.05) is 6.07 Å². The van der Waals surface area contributed by atoms with E-state index in [-0.39, 0.29) is 11.8 Å². The minimum atomic E-state index is -0.137. The summed E-state index contributed by atoms with van der Waals surface area (Å²) in [5, 5.41) is 6.65. The maximum Gasteiger partial charge on any atom is 0.265 e. The number of carbonyl (C=O) groups is 2. The fourth-order valence-corrected chi connectivity index (χ4v) is 3.13. The van der Waals surface area contributed by atoms with E-state index in [1.54, 1.807) is 30.3 Å². The molecule has 0 unspecified atom stereocenters. The quantitative estimate of drug-likeness (QED) is 0.755. The zero-order valence-electron chi connectivity index (χ0n) is 13.5. The number of anilines is 1. The summed E-state index contributed by atoms with van der Waals surface area (Å²) in [5.41, 5.74) is 4.19. The molecule has 0 aliphatic carbocycles. The Labute approximate surface area is 145 Å². The van der Waals surface area contributed by atoms with Crippen LogP contribution in [0.25, 0.3) is 0 Å². The molecule has 6 nitrogen and oxygen atoms in total. The Morgan fingerprint density at radius 2 is 1.79 bits per heavy atom. The Bertz CT molecular complexity index is 692. The second-order valence-corrected chi connectivity index (χ2v) is 6.84. The first kappa shape index (κ1) is 16.6. The summed E-state index contributed by atoms with van der Waals surface area (Å²) in [6.07, 6.45) is 0. The number of nitrogens with zero attached hydrogens (tertiary/aromatic N) is 1. The summed E-state index contributed by atoms with van der Waals surface area (Å²) in [7, 11) is 2.16. The van der Waals surface area contributed by atoms with Gasteiger partial charge in [-0.2, -0.15) is 0 Å². The molecule has 3 rings (SSSR count). The van der Waals surface area contributed by atoms with E-state index in [9.17, 15) is 9.59 Å². The minimum Gasteiger partial charge on any atom is -0.335 e. The van der Waals surface area contributed by atoms with E-state index in [4.69, 9.17) is 0 Å². The highest BCUT2D eigenvalue weighted by Crippen LogP contribution is 2.14. The monoisotopic (exact) mass is 345 g/mol. The number of quaternary nitrogens is 1. The van der Waals surface area contributed by atoms with Crippen LogP contribution in [-0.4, -0.2) is 50.0 Å². The van der Waals surface area contributed by atoms with Crippen molar-refractivity contribution in [1.82, 2.24) is 10.4 Å². The lowest BCUT2D eigenvalue weighted by Crippen LogP contribution is -3.12. The number of thiophene rings is 1. The first-order chi connectivity index (χ1) is 11.6. The van der Waals surface area contributed by atoms with Crippen LogP contribution in [0.3, 0.4) is 0 Å². The number of piperazine rings is 1. The van der Waals surface area contributed by atoms with Crippen LogP contribution >= 0.6 is 11.3 Å². The maximum absolute atomic E-state index is 12.3. The number of hydrogen-bond acceptors (Lipinski definition) is 4. The van der Waals surface area contributed by atoms with Crippen molar-refractivity contribution in [3.63, 3.8) is 0 Å². The lowest BCUT2D eigenvalue weighted by molar-refractivity contribution is -0.884.